The molecule has 1 fully saturated rings. The summed E-state index contributed by atoms with van der Waals surface area (Å²) < 4.78 is 0. The highest BCUT2D eigenvalue weighted by Crippen LogP contribution is 2.23. The van der Waals surface area contributed by atoms with Crippen LogP contribution in [0, 0.1) is 5.92 Å². The summed E-state index contributed by atoms with van der Waals surface area (Å²) in [7, 11) is 0. The first-order chi connectivity index (χ1) is 6.13. The Balaban J connectivity index is 2.37. The Kier molecular flexibility index (Phi) is 4.77. The van der Waals surface area contributed by atoms with Gasteiger partial charge in [0.2, 0.25) is 0 Å². The van der Waals surface area contributed by atoms with E-state index in [2.05, 4.69) is 34.7 Å². The van der Waals surface area contributed by atoms with E-state index in [0.717, 1.165) is 12.5 Å². The summed E-state index contributed by atoms with van der Waals surface area (Å²) in [6.45, 7) is 7.76. The minimum Gasteiger partial charge on any atom is -0.299 e. The van der Waals surface area contributed by atoms with Crippen molar-refractivity contribution in [3.8, 4) is 0 Å². The number of halogens is 2. The fourth-order valence-corrected chi connectivity index (χ4v) is 2.18. The molecular weight excluding hydrogens is 249 g/mol. The first kappa shape index (κ1) is 11.5. The molecule has 0 aromatic carbocycles. The number of hydrogen-bond donors (Lipinski definition) is 0. The lowest BCUT2D eigenvalue weighted by atomic mass is 10.00. The average Bonchev–Trinajstić information content (AvgIpc) is 2.11. The Hall–Kier alpha value is 0.470. The molecule has 13 heavy (non-hydrogen) atoms. The van der Waals surface area contributed by atoms with Crippen molar-refractivity contribution in [2.24, 2.45) is 5.92 Å². The average molecular weight is 267 g/mol. The van der Waals surface area contributed by atoms with E-state index in [-0.39, 0.29) is 0 Å². The highest BCUT2D eigenvalue weighted by molar-refractivity contribution is 9.09. The van der Waals surface area contributed by atoms with Crippen LogP contribution in [0.15, 0.2) is 11.1 Å². The van der Waals surface area contributed by atoms with Gasteiger partial charge in [0.25, 0.3) is 0 Å². The van der Waals surface area contributed by atoms with Crippen molar-refractivity contribution in [2.75, 3.05) is 19.6 Å². The van der Waals surface area contributed by atoms with Gasteiger partial charge in [-0.2, -0.15) is 0 Å². The van der Waals surface area contributed by atoms with Gasteiger partial charge in [-0.25, -0.2) is 0 Å². The normalized spacial score (nSPS) is 32.2. The van der Waals surface area contributed by atoms with Crippen molar-refractivity contribution in [3.63, 3.8) is 0 Å². The molecule has 3 heteroatoms. The second-order valence-corrected chi connectivity index (χ2v) is 5.37. The van der Waals surface area contributed by atoms with E-state index < -0.39 is 0 Å². The Morgan fingerprint density at radius 2 is 2.38 bits per heavy atom. The summed E-state index contributed by atoms with van der Waals surface area (Å²) in [5, 5.41) is 0. The molecule has 0 aromatic heterocycles. The van der Waals surface area contributed by atoms with Gasteiger partial charge in [0.1, 0.15) is 0 Å². The SMILES string of the molecule is C/C(=C\Cl)CN1CCC(Br)C(C)C1. The molecule has 1 saturated heterocycles. The maximum Gasteiger partial charge on any atom is 0.0201 e. The first-order valence-electron chi connectivity index (χ1n) is 4.75. The van der Waals surface area contributed by atoms with Gasteiger partial charge in [-0.1, -0.05) is 34.5 Å². The number of likely N-dealkylation sites (tertiary alicyclic amines) is 1. The quantitative estimate of drug-likeness (QED) is 0.694. The van der Waals surface area contributed by atoms with Gasteiger partial charge in [0.05, 0.1) is 0 Å². The maximum atomic E-state index is 5.64. The topological polar surface area (TPSA) is 3.24 Å². The van der Waals surface area contributed by atoms with Crippen LogP contribution in [0.5, 0.6) is 0 Å². The molecule has 1 aliphatic rings. The molecule has 1 heterocycles. The van der Waals surface area contributed by atoms with E-state index in [4.69, 9.17) is 11.6 Å². The molecule has 0 amide bonds. The molecule has 0 spiro atoms. The van der Waals surface area contributed by atoms with Gasteiger partial charge in [-0.15, -0.1) is 0 Å². The molecule has 2 atom stereocenters. The molecule has 1 nitrogen and oxygen atoms in total. The van der Waals surface area contributed by atoms with Crippen molar-refractivity contribution in [3.05, 3.63) is 11.1 Å². The molecule has 0 aromatic rings. The molecule has 0 bridgehead atoms. The third kappa shape index (κ3) is 3.61. The van der Waals surface area contributed by atoms with E-state index in [1.54, 1.807) is 5.54 Å². The van der Waals surface area contributed by atoms with Crippen LogP contribution in [0.2, 0.25) is 0 Å². The molecule has 0 radical (unpaired) electrons. The van der Waals surface area contributed by atoms with E-state index in [1.165, 1.54) is 25.1 Å². The van der Waals surface area contributed by atoms with Crippen molar-refractivity contribution in [1.29, 1.82) is 0 Å². The third-order valence-corrected chi connectivity index (χ3v) is 4.28. The molecule has 76 valence electrons. The zero-order chi connectivity index (χ0) is 9.84. The van der Waals surface area contributed by atoms with Crippen LogP contribution in [-0.2, 0) is 0 Å². The second kappa shape index (κ2) is 5.38. The molecule has 2 unspecified atom stereocenters. The number of piperidine rings is 1. The number of nitrogens with zero attached hydrogens (tertiary/aromatic N) is 1. The summed E-state index contributed by atoms with van der Waals surface area (Å²) in [6, 6.07) is 0. The molecule has 1 rings (SSSR count). The van der Waals surface area contributed by atoms with E-state index >= 15 is 0 Å². The predicted molar refractivity (Wildman–Crippen MR) is 62.5 cm³/mol. The molecule has 0 N–H and O–H groups in total. The second-order valence-electron chi connectivity index (χ2n) is 3.97. The smallest absolute Gasteiger partial charge is 0.0201 e. The standard InChI is InChI=1S/C10H17BrClN/c1-8(5-12)6-13-4-3-10(11)9(2)7-13/h5,9-10H,3-4,6-7H2,1-2H3/b8-5+. The number of alkyl halides is 1. The molecule has 0 saturated carbocycles. The van der Waals surface area contributed by atoms with Gasteiger partial charge in [0, 0.05) is 23.5 Å². The lowest BCUT2D eigenvalue weighted by molar-refractivity contribution is 0.205. The maximum absolute atomic E-state index is 5.64. The summed E-state index contributed by atoms with van der Waals surface area (Å²) in [4.78, 5) is 3.17. The van der Waals surface area contributed by atoms with Crippen molar-refractivity contribution < 1.29 is 0 Å². The summed E-state index contributed by atoms with van der Waals surface area (Å²) in [5.41, 5.74) is 2.94. The highest BCUT2D eigenvalue weighted by Gasteiger charge is 2.23. The third-order valence-electron chi connectivity index (χ3n) is 2.54. The zero-order valence-corrected chi connectivity index (χ0v) is 10.6. The van der Waals surface area contributed by atoms with E-state index in [9.17, 15) is 0 Å². The van der Waals surface area contributed by atoms with Gasteiger partial charge >= 0.3 is 0 Å². The lowest BCUT2D eigenvalue weighted by Gasteiger charge is -2.34. The van der Waals surface area contributed by atoms with Crippen LogP contribution in [0.1, 0.15) is 20.3 Å². The van der Waals surface area contributed by atoms with E-state index in [1.807, 2.05) is 0 Å². The Morgan fingerprint density at radius 3 is 2.92 bits per heavy atom. The Morgan fingerprint density at radius 1 is 1.69 bits per heavy atom. The van der Waals surface area contributed by atoms with Crippen molar-refractivity contribution >= 4 is 27.5 Å². The van der Waals surface area contributed by atoms with Crippen LogP contribution in [0.25, 0.3) is 0 Å². The largest absolute Gasteiger partial charge is 0.299 e. The van der Waals surface area contributed by atoms with Gasteiger partial charge < -0.3 is 0 Å². The highest BCUT2D eigenvalue weighted by atomic mass is 79.9. The van der Waals surface area contributed by atoms with Crippen LogP contribution in [0.3, 0.4) is 0 Å². The fraction of sp³-hybridized carbons (Fsp3) is 0.800. The summed E-state index contributed by atoms with van der Waals surface area (Å²) >= 11 is 9.34. The van der Waals surface area contributed by atoms with Crippen LogP contribution in [0.4, 0.5) is 0 Å². The minimum atomic E-state index is 0.698. The lowest BCUT2D eigenvalue weighted by Crippen LogP contribution is -2.40. The molecule has 1 aliphatic heterocycles. The number of hydrogen-bond acceptors (Lipinski definition) is 1. The van der Waals surface area contributed by atoms with Gasteiger partial charge in [-0.05, 0) is 31.4 Å². The van der Waals surface area contributed by atoms with Gasteiger partial charge in [-0.3, -0.25) is 4.90 Å². The fourth-order valence-electron chi connectivity index (χ4n) is 1.73. The zero-order valence-electron chi connectivity index (χ0n) is 8.26. The Labute approximate surface area is 94.3 Å². The van der Waals surface area contributed by atoms with Crippen molar-refractivity contribution in [1.82, 2.24) is 4.90 Å². The van der Waals surface area contributed by atoms with Crippen molar-refractivity contribution in [2.45, 2.75) is 25.1 Å². The number of rotatable bonds is 2. The minimum absolute atomic E-state index is 0.698. The van der Waals surface area contributed by atoms with Crippen LogP contribution >= 0.6 is 27.5 Å². The molecule has 0 aliphatic carbocycles. The summed E-state index contributed by atoms with van der Waals surface area (Å²) in [6.07, 6.45) is 1.25. The molecular formula is C10H17BrClN. The first-order valence-corrected chi connectivity index (χ1v) is 6.11. The van der Waals surface area contributed by atoms with Gasteiger partial charge in [0.15, 0.2) is 0 Å². The Bertz CT molecular complexity index is 193. The summed E-state index contributed by atoms with van der Waals surface area (Å²) in [5.74, 6) is 0.747. The van der Waals surface area contributed by atoms with Crippen LogP contribution in [-0.4, -0.2) is 29.4 Å². The van der Waals surface area contributed by atoms with E-state index in [0.29, 0.717) is 4.83 Å². The monoisotopic (exact) mass is 265 g/mol. The predicted octanol–water partition coefficient (Wildman–Crippen LogP) is 3.23. The van der Waals surface area contributed by atoms with Crippen LogP contribution < -0.4 is 0 Å².